The number of benzene rings is 1. The maximum absolute atomic E-state index is 11.8. The Bertz CT molecular complexity index is 586. The number of hydrogen-bond acceptors (Lipinski definition) is 4. The van der Waals surface area contributed by atoms with Crippen molar-refractivity contribution >= 4 is 15.7 Å². The van der Waals surface area contributed by atoms with Crippen molar-refractivity contribution in [2.45, 2.75) is 6.92 Å². The molecular formula is C13H18N2O3S. The van der Waals surface area contributed by atoms with Gasteiger partial charge in [-0.2, -0.15) is 0 Å². The van der Waals surface area contributed by atoms with Crippen molar-refractivity contribution in [3.8, 4) is 11.8 Å². The largest absolute Gasteiger partial charge is 0.384 e. The third-order valence-electron chi connectivity index (χ3n) is 2.39. The molecule has 0 aromatic heterocycles. The van der Waals surface area contributed by atoms with Crippen molar-refractivity contribution in [1.82, 2.24) is 0 Å². The molecule has 1 aromatic rings. The van der Waals surface area contributed by atoms with Gasteiger partial charge < -0.3 is 10.5 Å². The fourth-order valence-electron chi connectivity index (χ4n) is 1.37. The van der Waals surface area contributed by atoms with Gasteiger partial charge in [0, 0.05) is 12.7 Å². The molecule has 6 heteroatoms. The Hall–Kier alpha value is -1.55. The van der Waals surface area contributed by atoms with E-state index in [0.29, 0.717) is 5.69 Å². The van der Waals surface area contributed by atoms with Crippen LogP contribution >= 0.6 is 0 Å². The summed E-state index contributed by atoms with van der Waals surface area (Å²) in [4.78, 5) is 0. The first-order valence-corrected chi connectivity index (χ1v) is 7.43. The summed E-state index contributed by atoms with van der Waals surface area (Å²) in [5.41, 5.74) is 7.38. The van der Waals surface area contributed by atoms with E-state index in [4.69, 9.17) is 10.5 Å². The van der Waals surface area contributed by atoms with E-state index in [0.717, 1.165) is 11.1 Å². The number of ether oxygens (including phenoxy) is 1. The minimum Gasteiger partial charge on any atom is -0.384 e. The molecule has 3 N–H and O–H groups in total. The molecule has 5 nitrogen and oxygen atoms in total. The number of rotatable bonds is 5. The third kappa shape index (κ3) is 5.30. The van der Waals surface area contributed by atoms with E-state index in [2.05, 4.69) is 16.6 Å². The maximum atomic E-state index is 11.8. The average molecular weight is 282 g/mol. The second-order valence-corrected chi connectivity index (χ2v) is 5.79. The molecule has 0 heterocycles. The standard InChI is InChI=1S/C13H18N2O3S/c1-11-5-6-12(4-3-7-14)10-13(11)15-19(16,17)9-8-18-2/h5-6,10,15H,7-9,14H2,1-2H3. The van der Waals surface area contributed by atoms with Crippen molar-refractivity contribution in [1.29, 1.82) is 0 Å². The highest BCUT2D eigenvalue weighted by Gasteiger charge is 2.11. The highest BCUT2D eigenvalue weighted by atomic mass is 32.2. The Labute approximate surface area is 114 Å². The highest BCUT2D eigenvalue weighted by Crippen LogP contribution is 2.18. The van der Waals surface area contributed by atoms with Crippen LogP contribution in [0.5, 0.6) is 0 Å². The molecule has 19 heavy (non-hydrogen) atoms. The van der Waals surface area contributed by atoms with Crippen molar-refractivity contribution in [2.24, 2.45) is 5.73 Å². The minimum atomic E-state index is -3.40. The Morgan fingerprint density at radius 1 is 1.42 bits per heavy atom. The van der Waals surface area contributed by atoms with Gasteiger partial charge in [-0.05, 0) is 24.6 Å². The molecule has 0 atom stereocenters. The summed E-state index contributed by atoms with van der Waals surface area (Å²) in [6.07, 6.45) is 0. The summed E-state index contributed by atoms with van der Waals surface area (Å²) in [5.74, 6) is 5.51. The topological polar surface area (TPSA) is 81.4 Å². The molecule has 0 amide bonds. The summed E-state index contributed by atoms with van der Waals surface area (Å²) in [5, 5.41) is 0. The van der Waals surface area contributed by atoms with Crippen molar-refractivity contribution in [3.63, 3.8) is 0 Å². The van der Waals surface area contributed by atoms with Gasteiger partial charge in [0.1, 0.15) is 0 Å². The SMILES string of the molecule is COCCS(=O)(=O)Nc1cc(C#CCN)ccc1C. The van der Waals surface area contributed by atoms with Crippen LogP contribution in [0.1, 0.15) is 11.1 Å². The fraction of sp³-hybridized carbons (Fsp3) is 0.385. The normalized spacial score (nSPS) is 10.7. The predicted molar refractivity (Wildman–Crippen MR) is 76.4 cm³/mol. The molecule has 0 bridgehead atoms. The van der Waals surface area contributed by atoms with Crippen LogP contribution in [0, 0.1) is 18.8 Å². The van der Waals surface area contributed by atoms with E-state index in [-0.39, 0.29) is 18.9 Å². The summed E-state index contributed by atoms with van der Waals surface area (Å²) in [6.45, 7) is 2.25. The molecule has 0 saturated carbocycles. The van der Waals surface area contributed by atoms with E-state index in [1.54, 1.807) is 6.07 Å². The lowest BCUT2D eigenvalue weighted by atomic mass is 10.1. The molecule has 0 aliphatic heterocycles. The lowest BCUT2D eigenvalue weighted by Gasteiger charge is -2.10. The van der Waals surface area contributed by atoms with Gasteiger partial charge in [-0.15, -0.1) is 0 Å². The molecular weight excluding hydrogens is 264 g/mol. The Morgan fingerprint density at radius 3 is 2.79 bits per heavy atom. The van der Waals surface area contributed by atoms with Gasteiger partial charge in [0.2, 0.25) is 10.0 Å². The van der Waals surface area contributed by atoms with Crippen LogP contribution in [-0.4, -0.2) is 34.4 Å². The number of sulfonamides is 1. The first-order chi connectivity index (χ1) is 8.98. The first kappa shape index (κ1) is 15.5. The third-order valence-corrected chi connectivity index (χ3v) is 3.63. The van der Waals surface area contributed by atoms with Gasteiger partial charge in [-0.1, -0.05) is 17.9 Å². The smallest absolute Gasteiger partial charge is 0.235 e. The molecule has 0 aliphatic carbocycles. The summed E-state index contributed by atoms with van der Waals surface area (Å²) < 4.78 is 30.9. The lowest BCUT2D eigenvalue weighted by Crippen LogP contribution is -2.20. The molecule has 0 spiro atoms. The van der Waals surface area contributed by atoms with E-state index in [1.165, 1.54) is 7.11 Å². The zero-order chi connectivity index (χ0) is 14.3. The number of methoxy groups -OCH3 is 1. The van der Waals surface area contributed by atoms with Gasteiger partial charge in [-0.3, -0.25) is 4.72 Å². The van der Waals surface area contributed by atoms with Gasteiger partial charge >= 0.3 is 0 Å². The highest BCUT2D eigenvalue weighted by molar-refractivity contribution is 7.92. The summed E-state index contributed by atoms with van der Waals surface area (Å²) in [7, 11) is -1.94. The average Bonchev–Trinajstić information content (AvgIpc) is 2.37. The van der Waals surface area contributed by atoms with Crippen LogP contribution in [0.4, 0.5) is 5.69 Å². The van der Waals surface area contributed by atoms with E-state index in [9.17, 15) is 8.42 Å². The number of aryl methyl sites for hydroxylation is 1. The number of nitrogens with one attached hydrogen (secondary N) is 1. The van der Waals surface area contributed by atoms with Crippen molar-refractivity contribution < 1.29 is 13.2 Å². The molecule has 0 fully saturated rings. The number of nitrogens with two attached hydrogens (primary N) is 1. The quantitative estimate of drug-likeness (QED) is 0.779. The molecule has 0 aliphatic rings. The number of anilines is 1. The second kappa shape index (κ2) is 7.14. The van der Waals surface area contributed by atoms with Crippen molar-refractivity contribution in [2.75, 3.05) is 30.7 Å². The second-order valence-electron chi connectivity index (χ2n) is 3.95. The molecule has 104 valence electrons. The first-order valence-electron chi connectivity index (χ1n) is 5.77. The van der Waals surface area contributed by atoms with Crippen LogP contribution in [0.2, 0.25) is 0 Å². The number of hydrogen-bond donors (Lipinski definition) is 2. The molecule has 1 rings (SSSR count). The Morgan fingerprint density at radius 2 is 2.16 bits per heavy atom. The van der Waals surface area contributed by atoms with Crippen LogP contribution in [0.3, 0.4) is 0 Å². The van der Waals surface area contributed by atoms with Gasteiger partial charge in [0.05, 0.1) is 24.6 Å². The van der Waals surface area contributed by atoms with E-state index >= 15 is 0 Å². The van der Waals surface area contributed by atoms with E-state index in [1.807, 2.05) is 19.1 Å². The Kier molecular flexibility index (Phi) is 5.83. The van der Waals surface area contributed by atoms with Crippen LogP contribution < -0.4 is 10.5 Å². The van der Waals surface area contributed by atoms with Crippen molar-refractivity contribution in [3.05, 3.63) is 29.3 Å². The minimum absolute atomic E-state index is 0.0817. The van der Waals surface area contributed by atoms with Crippen LogP contribution in [0.15, 0.2) is 18.2 Å². The molecule has 0 radical (unpaired) electrons. The molecule has 0 unspecified atom stereocenters. The van der Waals surface area contributed by atoms with Gasteiger partial charge in [-0.25, -0.2) is 8.42 Å². The van der Waals surface area contributed by atoms with Gasteiger partial charge in [0.15, 0.2) is 0 Å². The molecule has 1 aromatic carbocycles. The Balaban J connectivity index is 2.94. The monoisotopic (exact) mass is 282 g/mol. The van der Waals surface area contributed by atoms with E-state index < -0.39 is 10.0 Å². The van der Waals surface area contributed by atoms with Crippen LogP contribution in [0.25, 0.3) is 0 Å². The van der Waals surface area contributed by atoms with Crippen LogP contribution in [-0.2, 0) is 14.8 Å². The zero-order valence-electron chi connectivity index (χ0n) is 11.1. The lowest BCUT2D eigenvalue weighted by molar-refractivity contribution is 0.217. The maximum Gasteiger partial charge on any atom is 0.235 e. The summed E-state index contributed by atoms with van der Waals surface area (Å²) in [6, 6.07) is 5.34. The van der Waals surface area contributed by atoms with Gasteiger partial charge in [0.25, 0.3) is 0 Å². The fourth-order valence-corrected chi connectivity index (χ4v) is 2.42. The zero-order valence-corrected chi connectivity index (χ0v) is 11.9. The molecule has 0 saturated heterocycles. The predicted octanol–water partition coefficient (Wildman–Crippen LogP) is 0.693. The summed E-state index contributed by atoms with van der Waals surface area (Å²) >= 11 is 0.